The van der Waals surface area contributed by atoms with E-state index in [0.717, 1.165) is 0 Å². The molecule has 3 N–H and O–H groups in total. The van der Waals surface area contributed by atoms with Crippen LogP contribution in [0.3, 0.4) is 0 Å². The third kappa shape index (κ3) is 53.5. The minimum atomic E-state index is -0.931. The van der Waals surface area contributed by atoms with E-state index in [1.54, 1.807) is 13.8 Å². The van der Waals surface area contributed by atoms with Gasteiger partial charge in [0.1, 0.15) is 18.8 Å². The molecule has 0 fully saturated rings. The van der Waals surface area contributed by atoms with E-state index < -0.39 is 5.60 Å². The van der Waals surface area contributed by atoms with Gasteiger partial charge in [0.2, 0.25) is 0 Å². The Morgan fingerprint density at radius 3 is 1.71 bits per heavy atom. The second-order valence-corrected chi connectivity index (χ2v) is 3.05. The molecule has 0 rings (SSSR count). The molecule has 4 heteroatoms. The molecular weight excluding hydrogens is 220 g/mol. The number of hydrogen-bond acceptors (Lipinski definition) is 4. The standard InChI is InChI=1S/C5H8O2.C5H8O.C3H4O/c1-2-4-7-5-3-6;1-4-5(2,3)6;1-2-3-4/h1,6H,3-5H2;1,6H,2-3H3;1,4H,3H2. The van der Waals surface area contributed by atoms with Gasteiger partial charge in [-0.3, -0.25) is 0 Å². The molecule has 0 aromatic heterocycles. The first-order valence-corrected chi connectivity index (χ1v) is 4.76. The summed E-state index contributed by atoms with van der Waals surface area (Å²) in [5, 5.41) is 24.3. The van der Waals surface area contributed by atoms with Crippen LogP contribution in [-0.4, -0.2) is 47.3 Å². The van der Waals surface area contributed by atoms with Crippen molar-refractivity contribution >= 4 is 0 Å². The molecule has 0 radical (unpaired) electrons. The zero-order valence-corrected chi connectivity index (χ0v) is 10.3. The molecule has 0 aliphatic heterocycles. The second-order valence-electron chi connectivity index (χ2n) is 3.05. The van der Waals surface area contributed by atoms with Crippen molar-refractivity contribution in [2.45, 2.75) is 19.4 Å². The molecule has 0 unspecified atom stereocenters. The number of rotatable bonds is 3. The minimum Gasteiger partial charge on any atom is -0.394 e. The van der Waals surface area contributed by atoms with E-state index in [1.807, 2.05) is 5.92 Å². The topological polar surface area (TPSA) is 69.9 Å². The monoisotopic (exact) mass is 240 g/mol. The lowest BCUT2D eigenvalue weighted by Crippen LogP contribution is -2.13. The van der Waals surface area contributed by atoms with Crippen LogP contribution in [0.4, 0.5) is 0 Å². The first-order chi connectivity index (χ1) is 7.89. The maximum atomic E-state index is 8.59. The molecule has 4 nitrogen and oxygen atoms in total. The Kier molecular flexibility index (Phi) is 20.8. The highest BCUT2D eigenvalue weighted by Crippen LogP contribution is 1.93. The van der Waals surface area contributed by atoms with Crippen molar-refractivity contribution in [2.24, 2.45) is 0 Å². The Morgan fingerprint density at radius 2 is 1.53 bits per heavy atom. The molecule has 0 saturated carbocycles. The molecule has 0 aliphatic carbocycles. The molecule has 0 aliphatic rings. The zero-order chi connectivity index (χ0) is 14.2. The normalized spacial score (nSPS) is 8.12. The molecule has 0 bridgehead atoms. The number of hydrogen-bond donors (Lipinski definition) is 3. The van der Waals surface area contributed by atoms with Crippen LogP contribution < -0.4 is 0 Å². The maximum absolute atomic E-state index is 8.59. The summed E-state index contributed by atoms with van der Waals surface area (Å²) in [4.78, 5) is 0. The second kappa shape index (κ2) is 16.9. The smallest absolute Gasteiger partial charge is 0.119 e. The van der Waals surface area contributed by atoms with Crippen LogP contribution >= 0.6 is 0 Å². The number of aliphatic hydroxyl groups is 3. The predicted molar refractivity (Wildman–Crippen MR) is 67.8 cm³/mol. The van der Waals surface area contributed by atoms with E-state index in [4.69, 9.17) is 28.2 Å². The van der Waals surface area contributed by atoms with Crippen molar-refractivity contribution in [2.75, 3.05) is 26.4 Å². The van der Waals surface area contributed by atoms with Crippen molar-refractivity contribution in [1.82, 2.24) is 0 Å². The molecule has 0 amide bonds. The maximum Gasteiger partial charge on any atom is 0.119 e. The fraction of sp³-hybridized carbons (Fsp3) is 0.538. The van der Waals surface area contributed by atoms with Gasteiger partial charge in [0, 0.05) is 0 Å². The van der Waals surface area contributed by atoms with E-state index >= 15 is 0 Å². The minimum absolute atomic E-state index is 0.0433. The van der Waals surface area contributed by atoms with Gasteiger partial charge in [-0.2, -0.15) is 0 Å². The zero-order valence-electron chi connectivity index (χ0n) is 10.3. The van der Waals surface area contributed by atoms with Crippen LogP contribution in [-0.2, 0) is 4.74 Å². The molecule has 17 heavy (non-hydrogen) atoms. The molecule has 0 aromatic rings. The van der Waals surface area contributed by atoms with Gasteiger partial charge in [0.05, 0.1) is 13.2 Å². The van der Waals surface area contributed by atoms with Crippen LogP contribution in [0, 0.1) is 37.0 Å². The molecule has 0 saturated heterocycles. The third-order valence-corrected chi connectivity index (χ3v) is 0.866. The molecule has 0 heterocycles. The molecular formula is C13H20O4. The summed E-state index contributed by atoms with van der Waals surface area (Å²) in [6, 6.07) is 0. The highest BCUT2D eigenvalue weighted by Gasteiger charge is 2.03. The third-order valence-electron chi connectivity index (χ3n) is 0.866. The fourth-order valence-corrected chi connectivity index (χ4v) is 0.196. The molecule has 0 aromatic carbocycles. The van der Waals surface area contributed by atoms with Gasteiger partial charge in [-0.25, -0.2) is 0 Å². The first kappa shape index (κ1) is 20.9. The van der Waals surface area contributed by atoms with Gasteiger partial charge in [-0.1, -0.05) is 17.8 Å². The quantitative estimate of drug-likeness (QED) is 0.465. The lowest BCUT2D eigenvalue weighted by molar-refractivity contribution is 0.115. The average molecular weight is 240 g/mol. The van der Waals surface area contributed by atoms with Gasteiger partial charge >= 0.3 is 0 Å². The predicted octanol–water partition coefficient (Wildman–Crippen LogP) is -0.369. The molecule has 96 valence electrons. The Bertz CT molecular complexity index is 257. The summed E-state index contributed by atoms with van der Waals surface area (Å²) in [6.45, 7) is 3.65. The Hall–Kier alpha value is -1.48. The SMILES string of the molecule is C#CC(C)(C)O.C#CCO.C#CCOCCO. The van der Waals surface area contributed by atoms with E-state index in [0.29, 0.717) is 13.2 Å². The molecule has 0 atom stereocenters. The van der Waals surface area contributed by atoms with Gasteiger partial charge < -0.3 is 20.1 Å². The van der Waals surface area contributed by atoms with Gasteiger partial charge in [0.25, 0.3) is 0 Å². The Morgan fingerprint density at radius 1 is 1.12 bits per heavy atom. The summed E-state index contributed by atoms with van der Waals surface area (Å²) in [7, 11) is 0. The highest BCUT2D eigenvalue weighted by atomic mass is 16.5. The Balaban J connectivity index is -0.000000180. The summed E-state index contributed by atoms with van der Waals surface area (Å²) >= 11 is 0. The van der Waals surface area contributed by atoms with Gasteiger partial charge in [-0.05, 0) is 13.8 Å². The fourth-order valence-electron chi connectivity index (χ4n) is 0.196. The van der Waals surface area contributed by atoms with Crippen LogP contribution in [0.1, 0.15) is 13.8 Å². The van der Waals surface area contributed by atoms with E-state index in [-0.39, 0.29) is 13.2 Å². The van der Waals surface area contributed by atoms with E-state index in [2.05, 4.69) is 23.0 Å². The van der Waals surface area contributed by atoms with Gasteiger partial charge in [0.15, 0.2) is 0 Å². The van der Waals surface area contributed by atoms with Crippen molar-refractivity contribution in [3.63, 3.8) is 0 Å². The van der Waals surface area contributed by atoms with E-state index in [1.165, 1.54) is 0 Å². The Labute approximate surface area is 104 Å². The summed E-state index contributed by atoms with van der Waals surface area (Å²) in [5.41, 5.74) is -0.931. The van der Waals surface area contributed by atoms with Crippen LogP contribution in [0.15, 0.2) is 0 Å². The molecule has 0 spiro atoms. The highest BCUT2D eigenvalue weighted by molar-refractivity contribution is 5.00. The van der Waals surface area contributed by atoms with Crippen molar-refractivity contribution < 1.29 is 20.1 Å². The summed E-state index contributed by atoms with van der Waals surface area (Å²) in [6.07, 6.45) is 14.1. The lowest BCUT2D eigenvalue weighted by atomic mass is 10.2. The summed E-state index contributed by atoms with van der Waals surface area (Å²) < 4.78 is 4.65. The van der Waals surface area contributed by atoms with Crippen LogP contribution in [0.2, 0.25) is 0 Å². The average Bonchev–Trinajstić information content (AvgIpc) is 2.30. The van der Waals surface area contributed by atoms with E-state index in [9.17, 15) is 0 Å². The largest absolute Gasteiger partial charge is 0.394 e. The van der Waals surface area contributed by atoms with Crippen LogP contribution in [0.5, 0.6) is 0 Å². The first-order valence-electron chi connectivity index (χ1n) is 4.76. The lowest BCUT2D eigenvalue weighted by Gasteiger charge is -2.04. The van der Waals surface area contributed by atoms with Crippen molar-refractivity contribution in [3.8, 4) is 37.0 Å². The van der Waals surface area contributed by atoms with Crippen molar-refractivity contribution in [3.05, 3.63) is 0 Å². The number of terminal acetylenes is 3. The number of aliphatic hydroxyl groups excluding tert-OH is 2. The number of ether oxygens (including phenoxy) is 1. The van der Waals surface area contributed by atoms with Crippen molar-refractivity contribution in [1.29, 1.82) is 0 Å². The van der Waals surface area contributed by atoms with Gasteiger partial charge in [-0.15, -0.1) is 19.3 Å². The van der Waals surface area contributed by atoms with Crippen LogP contribution in [0.25, 0.3) is 0 Å². The summed E-state index contributed by atoms with van der Waals surface area (Å²) in [5.74, 6) is 6.42.